The zero-order valence-electron chi connectivity index (χ0n) is 10.1. The van der Waals surface area contributed by atoms with E-state index in [9.17, 15) is 0 Å². The molecular weight excluding hydrogens is 172 g/mol. The van der Waals surface area contributed by atoms with Crippen LogP contribution in [0.2, 0.25) is 0 Å². The second kappa shape index (κ2) is 3.23. The number of fused-ring (bicyclic) bond motifs is 2. The number of rotatable bonds is 3. The zero-order valence-corrected chi connectivity index (χ0v) is 10.1. The molecule has 1 nitrogen and oxygen atoms in total. The van der Waals surface area contributed by atoms with E-state index in [-0.39, 0.29) is 0 Å². The fourth-order valence-electron chi connectivity index (χ4n) is 3.64. The van der Waals surface area contributed by atoms with Crippen molar-refractivity contribution in [2.24, 2.45) is 16.7 Å². The summed E-state index contributed by atoms with van der Waals surface area (Å²) in [4.78, 5) is 0. The molecule has 0 aromatic rings. The maximum absolute atomic E-state index is 6.02. The highest BCUT2D eigenvalue weighted by atomic mass is 16.5. The van der Waals surface area contributed by atoms with Crippen molar-refractivity contribution in [1.82, 2.24) is 0 Å². The third-order valence-corrected chi connectivity index (χ3v) is 5.24. The molecule has 2 bridgehead atoms. The summed E-state index contributed by atoms with van der Waals surface area (Å²) in [5.41, 5.74) is 0.957. The van der Waals surface area contributed by atoms with Crippen LogP contribution in [0.5, 0.6) is 0 Å². The topological polar surface area (TPSA) is 9.23 Å². The normalized spacial score (nSPS) is 44.6. The van der Waals surface area contributed by atoms with Crippen LogP contribution in [0.3, 0.4) is 0 Å². The second-order valence-corrected chi connectivity index (χ2v) is 5.97. The van der Waals surface area contributed by atoms with Gasteiger partial charge < -0.3 is 4.74 Å². The molecule has 2 fully saturated rings. The molecular formula is C13H24O. The largest absolute Gasteiger partial charge is 0.378 e. The first-order valence-corrected chi connectivity index (χ1v) is 6.14. The van der Waals surface area contributed by atoms with E-state index >= 15 is 0 Å². The molecule has 2 saturated carbocycles. The zero-order chi connectivity index (χ0) is 10.4. The minimum Gasteiger partial charge on any atom is -0.378 e. The van der Waals surface area contributed by atoms with E-state index in [0.717, 1.165) is 18.9 Å². The first-order chi connectivity index (χ1) is 6.52. The van der Waals surface area contributed by atoms with Gasteiger partial charge in [-0.3, -0.25) is 0 Å². The Bertz CT molecular complexity index is 221. The van der Waals surface area contributed by atoms with Gasteiger partial charge in [0.25, 0.3) is 0 Å². The highest BCUT2D eigenvalue weighted by Gasteiger charge is 2.61. The molecule has 14 heavy (non-hydrogen) atoms. The van der Waals surface area contributed by atoms with Crippen LogP contribution in [-0.2, 0) is 4.74 Å². The predicted octanol–water partition coefficient (Wildman–Crippen LogP) is 3.63. The Labute approximate surface area is 88.2 Å². The maximum atomic E-state index is 6.02. The fourth-order valence-corrected chi connectivity index (χ4v) is 3.64. The molecule has 0 radical (unpaired) electrons. The highest BCUT2D eigenvalue weighted by Crippen LogP contribution is 2.66. The second-order valence-electron chi connectivity index (χ2n) is 5.97. The van der Waals surface area contributed by atoms with Gasteiger partial charge in [0.05, 0.1) is 6.10 Å². The lowest BCUT2D eigenvalue weighted by Gasteiger charge is -2.38. The van der Waals surface area contributed by atoms with Crippen molar-refractivity contribution < 1.29 is 4.74 Å². The molecule has 0 N–H and O–H groups in total. The van der Waals surface area contributed by atoms with Crippen molar-refractivity contribution in [3.63, 3.8) is 0 Å². The quantitative estimate of drug-likeness (QED) is 0.670. The summed E-state index contributed by atoms with van der Waals surface area (Å²) in [7, 11) is 0. The molecule has 3 unspecified atom stereocenters. The summed E-state index contributed by atoms with van der Waals surface area (Å²) in [5, 5.41) is 0. The fraction of sp³-hybridized carbons (Fsp3) is 1.00. The van der Waals surface area contributed by atoms with Crippen LogP contribution in [0, 0.1) is 16.7 Å². The van der Waals surface area contributed by atoms with Crippen molar-refractivity contribution in [2.75, 3.05) is 6.61 Å². The number of hydrogen-bond acceptors (Lipinski definition) is 1. The molecule has 1 heteroatoms. The monoisotopic (exact) mass is 196 g/mol. The summed E-state index contributed by atoms with van der Waals surface area (Å²) in [5.74, 6) is 0.911. The van der Waals surface area contributed by atoms with Crippen molar-refractivity contribution in [1.29, 1.82) is 0 Å². The molecule has 0 aromatic carbocycles. The number of ether oxygens (including phenoxy) is 1. The van der Waals surface area contributed by atoms with Crippen molar-refractivity contribution in [2.45, 2.75) is 59.5 Å². The third kappa shape index (κ3) is 1.18. The van der Waals surface area contributed by atoms with Crippen LogP contribution in [0.15, 0.2) is 0 Å². The molecule has 0 aromatic heterocycles. The van der Waals surface area contributed by atoms with E-state index in [2.05, 4.69) is 27.7 Å². The van der Waals surface area contributed by atoms with E-state index < -0.39 is 0 Å². The smallest absolute Gasteiger partial charge is 0.0636 e. The third-order valence-electron chi connectivity index (χ3n) is 5.24. The standard InChI is InChI=1S/C13H24O/c1-5-8-14-11-9-10-6-7-13(11,4)12(10,2)3/h10-11H,5-9H2,1-4H3. The Morgan fingerprint density at radius 1 is 1.29 bits per heavy atom. The SMILES string of the molecule is CCCOC1CC2CCC1(C)C2(C)C. The predicted molar refractivity (Wildman–Crippen MR) is 59.3 cm³/mol. The van der Waals surface area contributed by atoms with Gasteiger partial charge in [-0.1, -0.05) is 27.7 Å². The lowest BCUT2D eigenvalue weighted by molar-refractivity contribution is -0.0461. The molecule has 2 rings (SSSR count). The summed E-state index contributed by atoms with van der Waals surface area (Å²) >= 11 is 0. The van der Waals surface area contributed by atoms with E-state index in [0.29, 0.717) is 16.9 Å². The van der Waals surface area contributed by atoms with Crippen LogP contribution < -0.4 is 0 Å². The van der Waals surface area contributed by atoms with Crippen LogP contribution in [-0.4, -0.2) is 12.7 Å². The molecule has 2 aliphatic rings. The Kier molecular flexibility index (Phi) is 2.42. The highest BCUT2D eigenvalue weighted by molar-refractivity contribution is 5.11. The van der Waals surface area contributed by atoms with Gasteiger partial charge in [-0.2, -0.15) is 0 Å². The van der Waals surface area contributed by atoms with Gasteiger partial charge in [0, 0.05) is 6.61 Å². The molecule has 82 valence electrons. The lowest BCUT2D eigenvalue weighted by atomic mass is 9.70. The lowest BCUT2D eigenvalue weighted by Crippen LogP contribution is -2.37. The summed E-state index contributed by atoms with van der Waals surface area (Å²) in [6, 6.07) is 0. The van der Waals surface area contributed by atoms with Gasteiger partial charge in [-0.15, -0.1) is 0 Å². The van der Waals surface area contributed by atoms with Gasteiger partial charge in [0.2, 0.25) is 0 Å². The average Bonchev–Trinajstić information content (AvgIpc) is 2.46. The molecule has 3 atom stereocenters. The van der Waals surface area contributed by atoms with Crippen LogP contribution in [0.4, 0.5) is 0 Å². The molecule has 0 aliphatic heterocycles. The van der Waals surface area contributed by atoms with Crippen LogP contribution in [0.25, 0.3) is 0 Å². The van der Waals surface area contributed by atoms with E-state index in [4.69, 9.17) is 4.74 Å². The summed E-state index contributed by atoms with van der Waals surface area (Å²) in [6.45, 7) is 10.5. The van der Waals surface area contributed by atoms with Crippen LogP contribution >= 0.6 is 0 Å². The summed E-state index contributed by atoms with van der Waals surface area (Å²) < 4.78 is 6.02. The minimum atomic E-state index is 0.451. The molecule has 2 aliphatic carbocycles. The van der Waals surface area contributed by atoms with Gasteiger partial charge in [-0.05, 0) is 42.4 Å². The molecule has 0 amide bonds. The van der Waals surface area contributed by atoms with Gasteiger partial charge in [0.15, 0.2) is 0 Å². The Hall–Kier alpha value is -0.0400. The number of hydrogen-bond donors (Lipinski definition) is 0. The van der Waals surface area contributed by atoms with E-state index in [1.807, 2.05) is 0 Å². The minimum absolute atomic E-state index is 0.451. The van der Waals surface area contributed by atoms with E-state index in [1.54, 1.807) is 0 Å². The Morgan fingerprint density at radius 2 is 2.00 bits per heavy atom. The van der Waals surface area contributed by atoms with Crippen molar-refractivity contribution in [3.05, 3.63) is 0 Å². The summed E-state index contributed by atoms with van der Waals surface area (Å²) in [6.07, 6.45) is 5.80. The molecule has 0 spiro atoms. The van der Waals surface area contributed by atoms with Crippen LogP contribution in [0.1, 0.15) is 53.4 Å². The van der Waals surface area contributed by atoms with Gasteiger partial charge in [0.1, 0.15) is 0 Å². The first kappa shape index (κ1) is 10.5. The average molecular weight is 196 g/mol. The van der Waals surface area contributed by atoms with Gasteiger partial charge in [-0.25, -0.2) is 0 Å². The maximum Gasteiger partial charge on any atom is 0.0636 e. The van der Waals surface area contributed by atoms with Crippen molar-refractivity contribution in [3.8, 4) is 0 Å². The molecule has 0 heterocycles. The Balaban J connectivity index is 2.11. The first-order valence-electron chi connectivity index (χ1n) is 6.14. The Morgan fingerprint density at radius 3 is 2.43 bits per heavy atom. The van der Waals surface area contributed by atoms with Gasteiger partial charge >= 0.3 is 0 Å². The molecule has 0 saturated heterocycles. The van der Waals surface area contributed by atoms with Crippen molar-refractivity contribution >= 4 is 0 Å². The van der Waals surface area contributed by atoms with E-state index in [1.165, 1.54) is 19.3 Å².